The zero-order valence-corrected chi connectivity index (χ0v) is 10.9. The summed E-state index contributed by atoms with van der Waals surface area (Å²) >= 11 is 0. The van der Waals surface area contributed by atoms with Gasteiger partial charge in [0.05, 0.1) is 11.6 Å². The highest BCUT2D eigenvalue weighted by molar-refractivity contribution is 5.90. The number of anilines is 1. The van der Waals surface area contributed by atoms with Crippen molar-refractivity contribution in [3.8, 4) is 0 Å². The standard InChI is InChI=1S/C13H13F3N2O3/c14-8-4-9(15)11(16)10(5-8)17-13(21)18-3-1-2-7(6-18)12(19)20/h4-5,7H,1-3,6H2,(H,17,21)(H,19,20)/t7-/m1/s1. The molecule has 0 bridgehead atoms. The molecule has 2 amide bonds. The number of rotatable bonds is 2. The maximum Gasteiger partial charge on any atom is 0.321 e. The van der Waals surface area contributed by atoms with Crippen LogP contribution in [-0.2, 0) is 4.79 Å². The summed E-state index contributed by atoms with van der Waals surface area (Å²) in [6.07, 6.45) is 0.937. The van der Waals surface area contributed by atoms with Gasteiger partial charge < -0.3 is 15.3 Å². The molecule has 0 spiro atoms. The summed E-state index contributed by atoms with van der Waals surface area (Å²) in [5, 5.41) is 11.0. The summed E-state index contributed by atoms with van der Waals surface area (Å²) in [6.45, 7) is 0.273. The van der Waals surface area contributed by atoms with E-state index in [0.717, 1.165) is 0 Å². The number of carboxylic acid groups (broad SMARTS) is 1. The Morgan fingerprint density at radius 2 is 2.00 bits per heavy atom. The van der Waals surface area contributed by atoms with Crippen LogP contribution in [0.15, 0.2) is 12.1 Å². The minimum absolute atomic E-state index is 0.0272. The monoisotopic (exact) mass is 302 g/mol. The van der Waals surface area contributed by atoms with E-state index < -0.39 is 41.1 Å². The molecule has 0 radical (unpaired) electrons. The van der Waals surface area contributed by atoms with Crippen LogP contribution in [0.25, 0.3) is 0 Å². The molecule has 0 aliphatic carbocycles. The van der Waals surface area contributed by atoms with Crippen LogP contribution >= 0.6 is 0 Å². The SMILES string of the molecule is O=C(O)[C@@H]1CCCN(C(=O)Nc2cc(F)cc(F)c2F)C1. The molecule has 1 fully saturated rings. The minimum atomic E-state index is -1.41. The summed E-state index contributed by atoms with van der Waals surface area (Å²) in [6, 6.07) is 0.242. The van der Waals surface area contributed by atoms with E-state index in [4.69, 9.17) is 5.11 Å². The van der Waals surface area contributed by atoms with E-state index in [-0.39, 0.29) is 6.54 Å². The lowest BCUT2D eigenvalue weighted by molar-refractivity contribution is -0.143. The first-order valence-corrected chi connectivity index (χ1v) is 6.31. The number of piperidine rings is 1. The van der Waals surface area contributed by atoms with Gasteiger partial charge in [-0.3, -0.25) is 4.79 Å². The molecule has 1 atom stereocenters. The summed E-state index contributed by atoms with van der Waals surface area (Å²) in [4.78, 5) is 24.0. The Labute approximate surface area is 118 Å². The van der Waals surface area contributed by atoms with Gasteiger partial charge in [-0.15, -0.1) is 0 Å². The van der Waals surface area contributed by atoms with Crippen molar-refractivity contribution in [2.75, 3.05) is 18.4 Å². The van der Waals surface area contributed by atoms with Crippen molar-refractivity contribution >= 4 is 17.7 Å². The predicted molar refractivity (Wildman–Crippen MR) is 67.3 cm³/mol. The number of carbonyl (C=O) groups excluding carboxylic acids is 1. The summed E-state index contributed by atoms with van der Waals surface area (Å²) < 4.78 is 39.5. The molecule has 8 heteroatoms. The summed E-state index contributed by atoms with van der Waals surface area (Å²) in [7, 11) is 0. The molecule has 2 rings (SSSR count). The lowest BCUT2D eigenvalue weighted by Gasteiger charge is -2.30. The van der Waals surface area contributed by atoms with Gasteiger partial charge in [-0.25, -0.2) is 18.0 Å². The van der Waals surface area contributed by atoms with Crippen molar-refractivity contribution in [3.63, 3.8) is 0 Å². The molecule has 0 saturated carbocycles. The Kier molecular flexibility index (Phi) is 4.35. The van der Waals surface area contributed by atoms with E-state index in [2.05, 4.69) is 5.32 Å². The molecule has 5 nitrogen and oxygen atoms in total. The van der Waals surface area contributed by atoms with E-state index in [0.29, 0.717) is 31.5 Å². The Morgan fingerprint density at radius 3 is 2.67 bits per heavy atom. The van der Waals surface area contributed by atoms with Gasteiger partial charge in [-0.2, -0.15) is 0 Å². The third-order valence-electron chi connectivity index (χ3n) is 3.29. The maximum atomic E-state index is 13.4. The number of likely N-dealkylation sites (tertiary alicyclic amines) is 1. The normalized spacial score (nSPS) is 18.4. The first kappa shape index (κ1) is 15.1. The van der Waals surface area contributed by atoms with Crippen LogP contribution in [0, 0.1) is 23.4 Å². The second-order valence-electron chi connectivity index (χ2n) is 4.80. The topological polar surface area (TPSA) is 69.6 Å². The molecule has 1 aliphatic heterocycles. The van der Waals surface area contributed by atoms with Gasteiger partial charge in [-0.1, -0.05) is 0 Å². The highest BCUT2D eigenvalue weighted by Gasteiger charge is 2.28. The third-order valence-corrected chi connectivity index (χ3v) is 3.29. The highest BCUT2D eigenvalue weighted by Crippen LogP contribution is 2.21. The number of benzene rings is 1. The van der Waals surface area contributed by atoms with Gasteiger partial charge in [0.25, 0.3) is 0 Å². The molecular formula is C13H13F3N2O3. The van der Waals surface area contributed by atoms with Crippen LogP contribution in [0.2, 0.25) is 0 Å². The average Bonchev–Trinajstić information content (AvgIpc) is 2.44. The number of amides is 2. The largest absolute Gasteiger partial charge is 0.481 e. The van der Waals surface area contributed by atoms with Crippen molar-refractivity contribution in [1.29, 1.82) is 0 Å². The summed E-state index contributed by atoms with van der Waals surface area (Å²) in [5.74, 6) is -5.51. The van der Waals surface area contributed by atoms with Crippen LogP contribution in [0.4, 0.5) is 23.7 Å². The number of hydrogen-bond acceptors (Lipinski definition) is 2. The fourth-order valence-electron chi connectivity index (χ4n) is 2.20. The van der Waals surface area contributed by atoms with Gasteiger partial charge >= 0.3 is 12.0 Å². The van der Waals surface area contributed by atoms with E-state index in [1.54, 1.807) is 0 Å². The first-order chi connectivity index (χ1) is 9.88. The number of carboxylic acids is 1. The van der Waals surface area contributed by atoms with Crippen LogP contribution in [0.5, 0.6) is 0 Å². The van der Waals surface area contributed by atoms with E-state index in [1.165, 1.54) is 4.90 Å². The molecule has 0 unspecified atom stereocenters. The zero-order valence-electron chi connectivity index (χ0n) is 10.9. The third kappa shape index (κ3) is 3.45. The Bertz CT molecular complexity index is 580. The van der Waals surface area contributed by atoms with E-state index >= 15 is 0 Å². The Morgan fingerprint density at radius 1 is 1.29 bits per heavy atom. The average molecular weight is 302 g/mol. The molecule has 2 N–H and O–H groups in total. The number of nitrogens with zero attached hydrogens (tertiary/aromatic N) is 1. The minimum Gasteiger partial charge on any atom is -0.481 e. The van der Waals surface area contributed by atoms with Gasteiger partial charge in [0, 0.05) is 25.2 Å². The van der Waals surface area contributed by atoms with Crippen molar-refractivity contribution in [3.05, 3.63) is 29.6 Å². The Balaban J connectivity index is 2.09. The van der Waals surface area contributed by atoms with Crippen LogP contribution in [-0.4, -0.2) is 35.1 Å². The van der Waals surface area contributed by atoms with Crippen molar-refractivity contribution < 1.29 is 27.9 Å². The molecule has 1 aliphatic rings. The van der Waals surface area contributed by atoms with Crippen LogP contribution in [0.3, 0.4) is 0 Å². The van der Waals surface area contributed by atoms with Gasteiger partial charge in [0.2, 0.25) is 0 Å². The lowest BCUT2D eigenvalue weighted by Crippen LogP contribution is -2.44. The second-order valence-corrected chi connectivity index (χ2v) is 4.80. The molecule has 1 aromatic carbocycles. The van der Waals surface area contributed by atoms with Crippen molar-refractivity contribution in [2.45, 2.75) is 12.8 Å². The molecule has 1 aromatic rings. The van der Waals surface area contributed by atoms with Crippen LogP contribution in [0.1, 0.15) is 12.8 Å². The highest BCUT2D eigenvalue weighted by atomic mass is 19.2. The Hall–Kier alpha value is -2.25. The molecule has 114 valence electrons. The number of aliphatic carboxylic acids is 1. The second kappa shape index (κ2) is 6.02. The molecule has 21 heavy (non-hydrogen) atoms. The molecule has 1 heterocycles. The van der Waals surface area contributed by atoms with E-state index in [1.807, 2.05) is 0 Å². The number of nitrogens with one attached hydrogen (secondary N) is 1. The number of hydrogen-bond donors (Lipinski definition) is 2. The lowest BCUT2D eigenvalue weighted by atomic mass is 9.99. The quantitative estimate of drug-likeness (QED) is 0.824. The number of carbonyl (C=O) groups is 2. The first-order valence-electron chi connectivity index (χ1n) is 6.31. The van der Waals surface area contributed by atoms with Crippen molar-refractivity contribution in [1.82, 2.24) is 4.90 Å². The number of urea groups is 1. The fourth-order valence-corrected chi connectivity index (χ4v) is 2.20. The van der Waals surface area contributed by atoms with Gasteiger partial charge in [-0.05, 0) is 12.8 Å². The van der Waals surface area contributed by atoms with Crippen molar-refractivity contribution in [2.24, 2.45) is 5.92 Å². The predicted octanol–water partition coefficient (Wildman–Crippen LogP) is 2.43. The van der Waals surface area contributed by atoms with Gasteiger partial charge in [0.1, 0.15) is 5.82 Å². The maximum absolute atomic E-state index is 13.4. The fraction of sp³-hybridized carbons (Fsp3) is 0.385. The molecule has 0 aromatic heterocycles. The summed E-state index contributed by atoms with van der Waals surface area (Å²) in [5.41, 5.74) is -0.616. The number of halogens is 3. The smallest absolute Gasteiger partial charge is 0.321 e. The molecular weight excluding hydrogens is 289 g/mol. The zero-order chi connectivity index (χ0) is 15.6. The van der Waals surface area contributed by atoms with Gasteiger partial charge in [0.15, 0.2) is 11.6 Å². The molecule has 1 saturated heterocycles. The van der Waals surface area contributed by atoms with E-state index in [9.17, 15) is 22.8 Å². The van der Waals surface area contributed by atoms with Crippen LogP contribution < -0.4 is 5.32 Å².